The van der Waals surface area contributed by atoms with E-state index in [1.807, 2.05) is 0 Å². The third-order valence-corrected chi connectivity index (χ3v) is 3.68. The molecule has 92 valence electrons. The maximum atomic E-state index is 12.8. The normalized spacial score (nSPS) is 11.5. The lowest BCUT2D eigenvalue weighted by Gasteiger charge is -2.12. The van der Waals surface area contributed by atoms with Crippen LogP contribution in [0.15, 0.2) is 17.0 Å². The zero-order valence-corrected chi connectivity index (χ0v) is 10.3. The summed E-state index contributed by atoms with van der Waals surface area (Å²) in [5.41, 5.74) is -0.897. The van der Waals surface area contributed by atoms with Gasteiger partial charge in [0.15, 0.2) is 0 Å². The molecule has 7 heteroatoms. The molecule has 0 saturated heterocycles. The minimum Gasteiger partial charge on any atom is -0.207 e. The Morgan fingerprint density at radius 1 is 1.47 bits per heavy atom. The first-order valence-electron chi connectivity index (χ1n) is 4.61. The highest BCUT2D eigenvalue weighted by molar-refractivity contribution is 8.13. The molecule has 1 aromatic carbocycles. The Labute approximate surface area is 102 Å². The minimum atomic E-state index is -4.10. The zero-order chi connectivity index (χ0) is 13.2. The summed E-state index contributed by atoms with van der Waals surface area (Å²) in [6.45, 7) is 1.52. The second-order valence-electron chi connectivity index (χ2n) is 3.21. The van der Waals surface area contributed by atoms with E-state index in [1.165, 1.54) is 6.92 Å². The number of halogens is 3. The van der Waals surface area contributed by atoms with E-state index in [2.05, 4.69) is 0 Å². The van der Waals surface area contributed by atoms with Gasteiger partial charge < -0.3 is 0 Å². The standard InChI is InChI=1S/C10H8ClF2NO2S/c1-2-7-8(17(11,15)16)4-3-6(5-14)9(7)10(12)13/h3-4,10H,2H2,1H3. The van der Waals surface area contributed by atoms with Gasteiger partial charge in [-0.2, -0.15) is 5.26 Å². The third-order valence-electron chi connectivity index (χ3n) is 2.27. The molecule has 0 unspecified atom stereocenters. The van der Waals surface area contributed by atoms with E-state index >= 15 is 0 Å². The molecule has 1 rings (SSSR count). The maximum Gasteiger partial charge on any atom is 0.265 e. The second kappa shape index (κ2) is 4.98. The van der Waals surface area contributed by atoms with Crippen molar-refractivity contribution in [2.75, 3.05) is 0 Å². The summed E-state index contributed by atoms with van der Waals surface area (Å²) >= 11 is 0. The van der Waals surface area contributed by atoms with Crippen molar-refractivity contribution in [2.24, 2.45) is 0 Å². The molecular weight excluding hydrogens is 272 g/mol. The Bertz CT molecular complexity index is 579. The highest BCUT2D eigenvalue weighted by Gasteiger charge is 2.24. The molecule has 0 atom stereocenters. The first-order chi connectivity index (χ1) is 7.82. The van der Waals surface area contributed by atoms with Crippen LogP contribution in [0, 0.1) is 11.3 Å². The van der Waals surface area contributed by atoms with Crippen LogP contribution in [0.5, 0.6) is 0 Å². The molecule has 0 aliphatic rings. The van der Waals surface area contributed by atoms with Crippen LogP contribution >= 0.6 is 10.7 Å². The topological polar surface area (TPSA) is 57.9 Å². The number of nitriles is 1. The molecule has 0 bridgehead atoms. The van der Waals surface area contributed by atoms with Gasteiger partial charge in [0.1, 0.15) is 0 Å². The molecule has 3 nitrogen and oxygen atoms in total. The number of hydrogen-bond acceptors (Lipinski definition) is 3. The third kappa shape index (κ3) is 2.73. The van der Waals surface area contributed by atoms with Gasteiger partial charge in [0.2, 0.25) is 0 Å². The molecule has 0 aliphatic carbocycles. The largest absolute Gasteiger partial charge is 0.265 e. The predicted molar refractivity (Wildman–Crippen MR) is 58.5 cm³/mol. The number of alkyl halides is 2. The van der Waals surface area contributed by atoms with Gasteiger partial charge in [0.05, 0.1) is 16.5 Å². The summed E-state index contributed by atoms with van der Waals surface area (Å²) in [7, 11) is 1.06. The number of rotatable bonds is 3. The Morgan fingerprint density at radius 2 is 2.06 bits per heavy atom. The first kappa shape index (κ1) is 13.9. The van der Waals surface area contributed by atoms with Crippen molar-refractivity contribution in [2.45, 2.75) is 24.7 Å². The smallest absolute Gasteiger partial charge is 0.207 e. The lowest BCUT2D eigenvalue weighted by Crippen LogP contribution is -2.05. The quantitative estimate of drug-likeness (QED) is 0.799. The van der Waals surface area contributed by atoms with Crippen LogP contribution in [0.3, 0.4) is 0 Å². The summed E-state index contributed by atoms with van der Waals surface area (Å²) in [6.07, 6.45) is -2.87. The monoisotopic (exact) mass is 279 g/mol. The van der Waals surface area contributed by atoms with Crippen molar-refractivity contribution < 1.29 is 17.2 Å². The highest BCUT2D eigenvalue weighted by Crippen LogP contribution is 2.32. The summed E-state index contributed by atoms with van der Waals surface area (Å²) in [5.74, 6) is 0. The molecule has 0 amide bonds. The molecular formula is C10H8ClF2NO2S. The number of benzene rings is 1. The summed E-state index contributed by atoms with van der Waals surface area (Å²) < 4.78 is 48.1. The first-order valence-corrected chi connectivity index (χ1v) is 6.92. The van der Waals surface area contributed by atoms with Gasteiger partial charge in [-0.05, 0) is 24.1 Å². The Kier molecular flexibility index (Phi) is 4.07. The average molecular weight is 280 g/mol. The number of nitrogens with zero attached hydrogens (tertiary/aromatic N) is 1. The molecule has 0 radical (unpaired) electrons. The molecule has 0 aromatic heterocycles. The van der Waals surface area contributed by atoms with E-state index in [1.54, 1.807) is 6.07 Å². The Morgan fingerprint density at radius 3 is 2.41 bits per heavy atom. The van der Waals surface area contributed by atoms with Crippen LogP contribution in [-0.2, 0) is 15.5 Å². The highest BCUT2D eigenvalue weighted by atomic mass is 35.7. The minimum absolute atomic E-state index is 0.0521. The van der Waals surface area contributed by atoms with Crippen LogP contribution in [0.2, 0.25) is 0 Å². The number of hydrogen-bond donors (Lipinski definition) is 0. The summed E-state index contributed by atoms with van der Waals surface area (Å²) in [6, 6.07) is 3.72. The van der Waals surface area contributed by atoms with Crippen molar-refractivity contribution in [3.63, 3.8) is 0 Å². The van der Waals surface area contributed by atoms with Gasteiger partial charge in [-0.3, -0.25) is 0 Å². The fourth-order valence-electron chi connectivity index (χ4n) is 1.58. The van der Waals surface area contributed by atoms with Crippen LogP contribution in [0.4, 0.5) is 8.78 Å². The summed E-state index contributed by atoms with van der Waals surface area (Å²) in [5, 5.41) is 8.72. The van der Waals surface area contributed by atoms with E-state index in [0.717, 1.165) is 12.1 Å². The van der Waals surface area contributed by atoms with E-state index in [9.17, 15) is 17.2 Å². The van der Waals surface area contributed by atoms with Gasteiger partial charge in [-0.25, -0.2) is 17.2 Å². The zero-order valence-electron chi connectivity index (χ0n) is 8.75. The SMILES string of the molecule is CCc1c(S(=O)(=O)Cl)ccc(C#N)c1C(F)F. The summed E-state index contributed by atoms with van der Waals surface area (Å²) in [4.78, 5) is -0.365. The van der Waals surface area contributed by atoms with Crippen LogP contribution in [0.25, 0.3) is 0 Å². The van der Waals surface area contributed by atoms with Gasteiger partial charge in [0, 0.05) is 16.2 Å². The van der Waals surface area contributed by atoms with Crippen LogP contribution in [0.1, 0.15) is 30.0 Å². The second-order valence-corrected chi connectivity index (χ2v) is 5.74. The van der Waals surface area contributed by atoms with Gasteiger partial charge >= 0.3 is 0 Å². The maximum absolute atomic E-state index is 12.8. The van der Waals surface area contributed by atoms with Crippen LogP contribution in [-0.4, -0.2) is 8.42 Å². The van der Waals surface area contributed by atoms with Crippen molar-refractivity contribution in [3.8, 4) is 6.07 Å². The molecule has 0 saturated carbocycles. The predicted octanol–water partition coefficient (Wildman–Crippen LogP) is 2.99. The van der Waals surface area contributed by atoms with E-state index in [-0.39, 0.29) is 22.4 Å². The van der Waals surface area contributed by atoms with E-state index in [4.69, 9.17) is 15.9 Å². The molecule has 0 N–H and O–H groups in total. The average Bonchev–Trinajstić information content (AvgIpc) is 2.25. The fraction of sp³-hybridized carbons (Fsp3) is 0.300. The van der Waals surface area contributed by atoms with Crippen molar-refractivity contribution in [1.82, 2.24) is 0 Å². The molecule has 0 heterocycles. The van der Waals surface area contributed by atoms with E-state index < -0.39 is 21.0 Å². The lowest BCUT2D eigenvalue weighted by molar-refractivity contribution is 0.149. The molecule has 1 aromatic rings. The van der Waals surface area contributed by atoms with Crippen molar-refractivity contribution >= 4 is 19.7 Å². The Balaban J connectivity index is 3.72. The fourth-order valence-corrected chi connectivity index (χ4v) is 2.80. The van der Waals surface area contributed by atoms with Gasteiger partial charge in [-0.15, -0.1) is 0 Å². The lowest BCUT2D eigenvalue weighted by atomic mass is 10.00. The van der Waals surface area contributed by atoms with Gasteiger partial charge in [-0.1, -0.05) is 6.92 Å². The Hall–Kier alpha value is -1.19. The van der Waals surface area contributed by atoms with Gasteiger partial charge in [0.25, 0.3) is 15.5 Å². The molecule has 0 aliphatic heterocycles. The van der Waals surface area contributed by atoms with Crippen molar-refractivity contribution in [3.05, 3.63) is 28.8 Å². The molecule has 17 heavy (non-hydrogen) atoms. The molecule has 0 spiro atoms. The van der Waals surface area contributed by atoms with Crippen molar-refractivity contribution in [1.29, 1.82) is 5.26 Å². The van der Waals surface area contributed by atoms with Crippen LogP contribution < -0.4 is 0 Å². The molecule has 0 fully saturated rings. The van der Waals surface area contributed by atoms with E-state index in [0.29, 0.717) is 0 Å².